The van der Waals surface area contributed by atoms with Crippen molar-refractivity contribution >= 4 is 12.2 Å². The lowest BCUT2D eigenvalue weighted by Gasteiger charge is -2.33. The van der Waals surface area contributed by atoms with Gasteiger partial charge in [-0.05, 0) is 39.5 Å². The first kappa shape index (κ1) is 15.9. The Balaban J connectivity index is 1.65. The number of nitrogens with zero attached hydrogens (tertiary/aromatic N) is 1. The van der Waals surface area contributed by atoms with Gasteiger partial charge < -0.3 is 19.7 Å². The van der Waals surface area contributed by atoms with Crippen LogP contribution >= 0.6 is 0 Å². The zero-order valence-electron chi connectivity index (χ0n) is 13.2. The molecule has 2 fully saturated rings. The first-order chi connectivity index (χ1) is 9.83. The lowest BCUT2D eigenvalue weighted by Crippen LogP contribution is -2.44. The van der Waals surface area contributed by atoms with E-state index in [2.05, 4.69) is 5.32 Å². The van der Waals surface area contributed by atoms with Gasteiger partial charge in [-0.15, -0.1) is 0 Å². The van der Waals surface area contributed by atoms with E-state index in [1.54, 1.807) is 4.90 Å². The van der Waals surface area contributed by atoms with E-state index in [0.29, 0.717) is 31.8 Å². The number of alkyl carbamates (subject to hydrolysis) is 1. The Morgan fingerprint density at radius 3 is 2.29 bits per heavy atom. The molecular formula is C15H26N2O4. The average Bonchev–Trinajstić information content (AvgIpc) is 3.19. The van der Waals surface area contributed by atoms with Crippen LogP contribution in [0.1, 0.15) is 46.5 Å². The van der Waals surface area contributed by atoms with Crippen LogP contribution in [-0.2, 0) is 9.47 Å². The summed E-state index contributed by atoms with van der Waals surface area (Å²) in [4.78, 5) is 25.2. The summed E-state index contributed by atoms with van der Waals surface area (Å²) in [5.74, 6) is 0.645. The Kier molecular flexibility index (Phi) is 4.96. The molecule has 2 rings (SSSR count). The Labute approximate surface area is 126 Å². The van der Waals surface area contributed by atoms with E-state index in [0.717, 1.165) is 6.54 Å². The first-order valence-corrected chi connectivity index (χ1v) is 7.76. The SMILES string of the molecule is CC(C)(C)OC(=O)N1CCC(OC(=O)NCC2CC2)CC1. The standard InChI is InChI=1S/C15H26N2O4/c1-15(2,3)21-14(19)17-8-6-12(7-9-17)20-13(18)16-10-11-4-5-11/h11-12H,4-10H2,1-3H3,(H,16,18). The van der Waals surface area contributed by atoms with Gasteiger partial charge >= 0.3 is 12.2 Å². The number of amides is 2. The van der Waals surface area contributed by atoms with Crippen molar-refractivity contribution in [3.63, 3.8) is 0 Å². The molecule has 0 atom stereocenters. The molecule has 1 saturated carbocycles. The van der Waals surface area contributed by atoms with Gasteiger partial charge in [0.2, 0.25) is 0 Å². The second kappa shape index (κ2) is 6.54. The highest BCUT2D eigenvalue weighted by atomic mass is 16.6. The number of likely N-dealkylation sites (tertiary alicyclic amines) is 1. The second-order valence-electron chi connectivity index (χ2n) is 6.90. The van der Waals surface area contributed by atoms with Gasteiger partial charge in [0.15, 0.2) is 0 Å². The Morgan fingerprint density at radius 2 is 1.76 bits per heavy atom. The van der Waals surface area contributed by atoms with Gasteiger partial charge in [0.1, 0.15) is 11.7 Å². The van der Waals surface area contributed by atoms with Crippen LogP contribution in [0.5, 0.6) is 0 Å². The minimum Gasteiger partial charge on any atom is -0.446 e. The fraction of sp³-hybridized carbons (Fsp3) is 0.867. The molecule has 1 aliphatic heterocycles. The maximum atomic E-state index is 11.9. The number of piperidine rings is 1. The number of carbonyl (C=O) groups excluding carboxylic acids is 2. The Bertz CT molecular complexity index is 380. The van der Waals surface area contributed by atoms with Gasteiger partial charge in [-0.25, -0.2) is 9.59 Å². The van der Waals surface area contributed by atoms with E-state index in [-0.39, 0.29) is 18.3 Å². The van der Waals surface area contributed by atoms with E-state index < -0.39 is 5.60 Å². The summed E-state index contributed by atoms with van der Waals surface area (Å²) in [7, 11) is 0. The fourth-order valence-corrected chi connectivity index (χ4v) is 2.23. The summed E-state index contributed by atoms with van der Waals surface area (Å²) >= 11 is 0. The van der Waals surface area contributed by atoms with Crippen molar-refractivity contribution in [2.24, 2.45) is 5.92 Å². The van der Waals surface area contributed by atoms with Crippen molar-refractivity contribution in [1.29, 1.82) is 0 Å². The maximum absolute atomic E-state index is 11.9. The zero-order chi connectivity index (χ0) is 15.5. The molecule has 2 aliphatic rings. The van der Waals surface area contributed by atoms with Gasteiger partial charge in [0.05, 0.1) is 0 Å². The molecule has 1 saturated heterocycles. The van der Waals surface area contributed by atoms with Crippen LogP contribution in [0.25, 0.3) is 0 Å². The van der Waals surface area contributed by atoms with Crippen molar-refractivity contribution in [2.75, 3.05) is 19.6 Å². The van der Waals surface area contributed by atoms with Crippen molar-refractivity contribution in [1.82, 2.24) is 10.2 Å². The van der Waals surface area contributed by atoms with Crippen molar-refractivity contribution < 1.29 is 19.1 Å². The highest BCUT2D eigenvalue weighted by molar-refractivity contribution is 5.68. The van der Waals surface area contributed by atoms with E-state index in [4.69, 9.17) is 9.47 Å². The number of carbonyl (C=O) groups is 2. The number of nitrogens with one attached hydrogen (secondary N) is 1. The molecule has 1 heterocycles. The molecule has 1 aliphatic carbocycles. The number of rotatable bonds is 3. The van der Waals surface area contributed by atoms with Crippen molar-refractivity contribution in [3.05, 3.63) is 0 Å². The fourth-order valence-electron chi connectivity index (χ4n) is 2.23. The average molecular weight is 298 g/mol. The second-order valence-corrected chi connectivity index (χ2v) is 6.90. The van der Waals surface area contributed by atoms with Crippen LogP contribution in [0.2, 0.25) is 0 Å². The molecule has 120 valence electrons. The summed E-state index contributed by atoms with van der Waals surface area (Å²) in [6.45, 7) is 7.40. The smallest absolute Gasteiger partial charge is 0.410 e. The summed E-state index contributed by atoms with van der Waals surface area (Å²) in [5.41, 5.74) is -0.479. The lowest BCUT2D eigenvalue weighted by atomic mass is 10.1. The highest BCUT2D eigenvalue weighted by Crippen LogP contribution is 2.27. The van der Waals surface area contributed by atoms with Crippen LogP contribution in [0.4, 0.5) is 9.59 Å². The third-order valence-corrected chi connectivity index (χ3v) is 3.60. The monoisotopic (exact) mass is 298 g/mol. The topological polar surface area (TPSA) is 67.9 Å². The van der Waals surface area contributed by atoms with E-state index in [1.165, 1.54) is 12.8 Å². The molecule has 0 aromatic carbocycles. The molecular weight excluding hydrogens is 272 g/mol. The molecule has 0 unspecified atom stereocenters. The molecule has 0 bridgehead atoms. The summed E-state index contributed by atoms with van der Waals surface area (Å²) < 4.78 is 10.7. The maximum Gasteiger partial charge on any atom is 0.410 e. The molecule has 0 spiro atoms. The number of ether oxygens (including phenoxy) is 2. The first-order valence-electron chi connectivity index (χ1n) is 7.76. The van der Waals surface area contributed by atoms with Gasteiger partial charge in [0.25, 0.3) is 0 Å². The number of hydrogen-bond acceptors (Lipinski definition) is 4. The van der Waals surface area contributed by atoms with Crippen molar-refractivity contribution in [2.45, 2.75) is 58.2 Å². The zero-order valence-corrected chi connectivity index (χ0v) is 13.2. The Hall–Kier alpha value is -1.46. The summed E-state index contributed by atoms with van der Waals surface area (Å²) in [6, 6.07) is 0. The molecule has 6 nitrogen and oxygen atoms in total. The van der Waals surface area contributed by atoms with Crippen LogP contribution in [0.3, 0.4) is 0 Å². The molecule has 1 N–H and O–H groups in total. The number of hydrogen-bond donors (Lipinski definition) is 1. The predicted molar refractivity (Wildman–Crippen MR) is 78.0 cm³/mol. The minimum atomic E-state index is -0.479. The van der Waals surface area contributed by atoms with Crippen LogP contribution < -0.4 is 5.32 Å². The molecule has 0 aromatic heterocycles. The van der Waals surface area contributed by atoms with E-state index >= 15 is 0 Å². The third-order valence-electron chi connectivity index (χ3n) is 3.60. The van der Waals surface area contributed by atoms with Crippen LogP contribution in [0.15, 0.2) is 0 Å². The molecule has 0 aromatic rings. The normalized spacial score (nSPS) is 20.0. The largest absolute Gasteiger partial charge is 0.446 e. The van der Waals surface area contributed by atoms with E-state index in [1.807, 2.05) is 20.8 Å². The third kappa shape index (κ3) is 5.81. The molecule has 0 radical (unpaired) electrons. The van der Waals surface area contributed by atoms with Crippen LogP contribution in [0, 0.1) is 5.92 Å². The van der Waals surface area contributed by atoms with E-state index in [9.17, 15) is 9.59 Å². The molecule has 6 heteroatoms. The quantitative estimate of drug-likeness (QED) is 0.869. The highest BCUT2D eigenvalue weighted by Gasteiger charge is 2.29. The van der Waals surface area contributed by atoms with Crippen LogP contribution in [-0.4, -0.2) is 48.4 Å². The predicted octanol–water partition coefficient (Wildman–Crippen LogP) is 2.52. The van der Waals surface area contributed by atoms with Gasteiger partial charge in [-0.1, -0.05) is 0 Å². The van der Waals surface area contributed by atoms with Gasteiger partial charge in [0, 0.05) is 32.5 Å². The molecule has 21 heavy (non-hydrogen) atoms. The van der Waals surface area contributed by atoms with Gasteiger partial charge in [-0.3, -0.25) is 0 Å². The summed E-state index contributed by atoms with van der Waals surface area (Å²) in [5, 5.41) is 2.79. The molecule has 2 amide bonds. The van der Waals surface area contributed by atoms with Gasteiger partial charge in [-0.2, -0.15) is 0 Å². The lowest BCUT2D eigenvalue weighted by molar-refractivity contribution is 0.00647. The summed E-state index contributed by atoms with van der Waals surface area (Å²) in [6.07, 6.45) is 3.00. The Morgan fingerprint density at radius 1 is 1.14 bits per heavy atom. The van der Waals surface area contributed by atoms with Crippen molar-refractivity contribution in [3.8, 4) is 0 Å². The minimum absolute atomic E-state index is 0.108.